The summed E-state index contributed by atoms with van der Waals surface area (Å²) in [5, 5.41) is 0. The van der Waals surface area contributed by atoms with E-state index in [1.165, 1.54) is 9.80 Å². The summed E-state index contributed by atoms with van der Waals surface area (Å²) < 4.78 is 5.13. The Balaban J connectivity index is 2.61. The van der Waals surface area contributed by atoms with Gasteiger partial charge in [0.05, 0.1) is 13.2 Å². The van der Waals surface area contributed by atoms with E-state index < -0.39 is 11.8 Å². The van der Waals surface area contributed by atoms with Gasteiger partial charge >= 0.3 is 11.8 Å². The highest BCUT2D eigenvalue weighted by atomic mass is 16.5. The summed E-state index contributed by atoms with van der Waals surface area (Å²) in [6.45, 7) is 9.75. The van der Waals surface area contributed by atoms with Crippen LogP contribution in [0, 0.1) is 0 Å². The number of carbonyl (C=O) groups excluding carboxylic acids is 2. The summed E-state index contributed by atoms with van der Waals surface area (Å²) in [6, 6.07) is 0. The summed E-state index contributed by atoms with van der Waals surface area (Å²) in [4.78, 5) is 26.8. The summed E-state index contributed by atoms with van der Waals surface area (Å²) in [5.74, 6) is -0.983. The minimum Gasteiger partial charge on any atom is -0.378 e. The average molecular weight is 238 g/mol. The highest BCUT2D eigenvalue weighted by molar-refractivity contribution is 6.35. The Hall–Kier alpha value is -1.62. The summed E-state index contributed by atoms with van der Waals surface area (Å²) in [7, 11) is 0. The lowest BCUT2D eigenvalue weighted by molar-refractivity contribution is -0.153. The second-order valence-corrected chi connectivity index (χ2v) is 3.69. The number of rotatable bonds is 4. The maximum atomic E-state index is 11.9. The van der Waals surface area contributed by atoms with Crippen LogP contribution in [-0.2, 0) is 14.3 Å². The van der Waals surface area contributed by atoms with Gasteiger partial charge < -0.3 is 14.5 Å². The third-order valence-corrected chi connectivity index (χ3v) is 2.47. The van der Waals surface area contributed by atoms with Crippen molar-refractivity contribution in [1.82, 2.24) is 9.80 Å². The molecule has 94 valence electrons. The predicted octanol–water partition coefficient (Wildman–Crippen LogP) is 0.0458. The Morgan fingerprint density at radius 1 is 1.18 bits per heavy atom. The second kappa shape index (κ2) is 6.85. The molecule has 1 rings (SSSR count). The van der Waals surface area contributed by atoms with Crippen LogP contribution >= 0.6 is 0 Å². The summed E-state index contributed by atoms with van der Waals surface area (Å²) in [6.07, 6.45) is 3.18. The van der Waals surface area contributed by atoms with Crippen molar-refractivity contribution in [3.05, 3.63) is 25.3 Å². The molecule has 1 heterocycles. The topological polar surface area (TPSA) is 49.9 Å². The van der Waals surface area contributed by atoms with Crippen molar-refractivity contribution < 1.29 is 14.3 Å². The van der Waals surface area contributed by atoms with E-state index in [1.54, 1.807) is 12.2 Å². The van der Waals surface area contributed by atoms with Crippen LogP contribution in [0.25, 0.3) is 0 Å². The van der Waals surface area contributed by atoms with Crippen LogP contribution < -0.4 is 0 Å². The number of hydrogen-bond acceptors (Lipinski definition) is 3. The first-order chi connectivity index (χ1) is 8.20. The minimum absolute atomic E-state index is 0.348. The van der Waals surface area contributed by atoms with E-state index in [0.717, 1.165) is 0 Å². The zero-order chi connectivity index (χ0) is 12.7. The lowest BCUT2D eigenvalue weighted by Gasteiger charge is -2.28. The smallest absolute Gasteiger partial charge is 0.312 e. The first-order valence-electron chi connectivity index (χ1n) is 5.58. The average Bonchev–Trinajstić information content (AvgIpc) is 2.38. The van der Waals surface area contributed by atoms with Crippen molar-refractivity contribution in [2.45, 2.75) is 0 Å². The molecule has 0 radical (unpaired) electrons. The Kier molecular flexibility index (Phi) is 5.42. The molecular weight excluding hydrogens is 220 g/mol. The normalized spacial score (nSPS) is 15.2. The Morgan fingerprint density at radius 2 is 1.71 bits per heavy atom. The molecule has 2 amide bonds. The van der Waals surface area contributed by atoms with Crippen LogP contribution in [0.3, 0.4) is 0 Å². The molecule has 1 fully saturated rings. The standard InChI is InChI=1S/C12H18N2O3/c1-3-5-13(6-4-2)11(15)12(16)14-7-9-17-10-8-14/h3-4H,1-2,5-10H2. The number of ether oxygens (including phenoxy) is 1. The second-order valence-electron chi connectivity index (χ2n) is 3.69. The molecule has 1 aliphatic heterocycles. The van der Waals surface area contributed by atoms with E-state index in [0.29, 0.717) is 39.4 Å². The number of nitrogens with zero attached hydrogens (tertiary/aromatic N) is 2. The SMILES string of the molecule is C=CCN(CC=C)C(=O)C(=O)N1CCOCC1. The molecular formula is C12H18N2O3. The largest absolute Gasteiger partial charge is 0.378 e. The maximum absolute atomic E-state index is 11.9. The minimum atomic E-state index is -0.508. The highest BCUT2D eigenvalue weighted by Gasteiger charge is 2.26. The lowest BCUT2D eigenvalue weighted by atomic mass is 10.3. The number of carbonyl (C=O) groups is 2. The monoisotopic (exact) mass is 238 g/mol. The molecule has 17 heavy (non-hydrogen) atoms. The van der Waals surface area contributed by atoms with Crippen molar-refractivity contribution in [2.75, 3.05) is 39.4 Å². The van der Waals surface area contributed by atoms with Crippen LogP contribution in [0.1, 0.15) is 0 Å². The molecule has 0 saturated carbocycles. The summed E-state index contributed by atoms with van der Waals surface area (Å²) in [5.41, 5.74) is 0. The number of amides is 2. The Labute approximate surface area is 101 Å². The fraction of sp³-hybridized carbons (Fsp3) is 0.500. The molecule has 0 spiro atoms. The molecule has 5 heteroatoms. The van der Waals surface area contributed by atoms with E-state index in [-0.39, 0.29) is 0 Å². The molecule has 0 aromatic rings. The highest BCUT2D eigenvalue weighted by Crippen LogP contribution is 2.01. The van der Waals surface area contributed by atoms with Gasteiger partial charge in [0.15, 0.2) is 0 Å². The molecule has 0 bridgehead atoms. The van der Waals surface area contributed by atoms with E-state index in [9.17, 15) is 9.59 Å². The van der Waals surface area contributed by atoms with E-state index >= 15 is 0 Å². The maximum Gasteiger partial charge on any atom is 0.312 e. The van der Waals surface area contributed by atoms with Gasteiger partial charge in [-0.3, -0.25) is 9.59 Å². The lowest BCUT2D eigenvalue weighted by Crippen LogP contribution is -2.49. The van der Waals surface area contributed by atoms with Crippen LogP contribution in [0.2, 0.25) is 0 Å². The van der Waals surface area contributed by atoms with Crippen LogP contribution in [0.15, 0.2) is 25.3 Å². The molecule has 1 aliphatic rings. The van der Waals surface area contributed by atoms with Crippen LogP contribution in [0.5, 0.6) is 0 Å². The van der Waals surface area contributed by atoms with Gasteiger partial charge in [-0.25, -0.2) is 0 Å². The molecule has 0 aromatic heterocycles. The van der Waals surface area contributed by atoms with Gasteiger partial charge in [0, 0.05) is 26.2 Å². The molecule has 0 aliphatic carbocycles. The molecule has 0 atom stereocenters. The van der Waals surface area contributed by atoms with Gasteiger partial charge in [0.2, 0.25) is 0 Å². The summed E-state index contributed by atoms with van der Waals surface area (Å²) >= 11 is 0. The van der Waals surface area contributed by atoms with Crippen molar-refractivity contribution >= 4 is 11.8 Å². The van der Waals surface area contributed by atoms with Crippen molar-refractivity contribution in [3.8, 4) is 0 Å². The van der Waals surface area contributed by atoms with E-state index in [2.05, 4.69) is 13.2 Å². The van der Waals surface area contributed by atoms with Crippen molar-refractivity contribution in [1.29, 1.82) is 0 Å². The zero-order valence-electron chi connectivity index (χ0n) is 9.93. The predicted molar refractivity (Wildman–Crippen MR) is 64.4 cm³/mol. The first-order valence-corrected chi connectivity index (χ1v) is 5.58. The Morgan fingerprint density at radius 3 is 2.18 bits per heavy atom. The zero-order valence-corrected chi connectivity index (χ0v) is 9.93. The fourth-order valence-electron chi connectivity index (χ4n) is 1.59. The van der Waals surface area contributed by atoms with Crippen molar-refractivity contribution in [2.24, 2.45) is 0 Å². The third-order valence-electron chi connectivity index (χ3n) is 2.47. The van der Waals surface area contributed by atoms with Gasteiger partial charge in [-0.2, -0.15) is 0 Å². The third kappa shape index (κ3) is 3.71. The number of hydrogen-bond donors (Lipinski definition) is 0. The molecule has 5 nitrogen and oxygen atoms in total. The molecule has 1 saturated heterocycles. The number of morpholine rings is 1. The van der Waals surface area contributed by atoms with Gasteiger partial charge in [-0.15, -0.1) is 13.2 Å². The van der Waals surface area contributed by atoms with Gasteiger partial charge in [0.1, 0.15) is 0 Å². The van der Waals surface area contributed by atoms with Gasteiger partial charge in [-0.05, 0) is 0 Å². The fourth-order valence-corrected chi connectivity index (χ4v) is 1.59. The van der Waals surface area contributed by atoms with Crippen LogP contribution in [0.4, 0.5) is 0 Å². The Bertz CT molecular complexity index is 299. The first kappa shape index (κ1) is 13.4. The van der Waals surface area contributed by atoms with Crippen LogP contribution in [-0.4, -0.2) is 61.0 Å². The molecule has 0 N–H and O–H groups in total. The van der Waals surface area contributed by atoms with Gasteiger partial charge in [-0.1, -0.05) is 12.2 Å². The van der Waals surface area contributed by atoms with Gasteiger partial charge in [0.25, 0.3) is 0 Å². The molecule has 0 aromatic carbocycles. The molecule has 0 unspecified atom stereocenters. The quantitative estimate of drug-likeness (QED) is 0.513. The van der Waals surface area contributed by atoms with E-state index in [4.69, 9.17) is 4.74 Å². The van der Waals surface area contributed by atoms with E-state index in [1.807, 2.05) is 0 Å². The van der Waals surface area contributed by atoms with Crippen molar-refractivity contribution in [3.63, 3.8) is 0 Å².